The Labute approximate surface area is 205 Å². The van der Waals surface area contributed by atoms with E-state index in [0.717, 1.165) is 11.1 Å². The van der Waals surface area contributed by atoms with Gasteiger partial charge in [0, 0.05) is 11.2 Å². The van der Waals surface area contributed by atoms with Gasteiger partial charge in [-0.25, -0.2) is 0 Å². The van der Waals surface area contributed by atoms with Crippen LogP contribution in [0.2, 0.25) is 0 Å². The van der Waals surface area contributed by atoms with Crippen LogP contribution in [0.4, 0.5) is 0 Å². The van der Waals surface area contributed by atoms with Crippen LogP contribution in [0, 0.1) is 0 Å². The summed E-state index contributed by atoms with van der Waals surface area (Å²) >= 11 is 0. The number of aliphatic imine (C=N–C) groups is 1. The van der Waals surface area contributed by atoms with Crippen LogP contribution < -0.4 is 22.5 Å². The Hall–Kier alpha value is -2.92. The zero-order chi connectivity index (χ0) is 24.6. The zero-order valence-electron chi connectivity index (χ0n) is 19.0. The number of hydrogen-bond acceptors (Lipinski definition) is 6. The van der Waals surface area contributed by atoms with Crippen molar-refractivity contribution in [3.05, 3.63) is 114 Å². The summed E-state index contributed by atoms with van der Waals surface area (Å²) in [5, 5.41) is 1.02. The molecule has 0 saturated carbocycles. The topological polar surface area (TPSA) is 134 Å². The minimum Gasteiger partial charge on any atom is -0.379 e. The lowest BCUT2D eigenvalue weighted by Crippen LogP contribution is -2.47. The van der Waals surface area contributed by atoms with Crippen molar-refractivity contribution in [3.8, 4) is 0 Å². The van der Waals surface area contributed by atoms with Crippen molar-refractivity contribution in [2.45, 2.75) is 29.9 Å². The molecule has 0 saturated heterocycles. The lowest BCUT2D eigenvalue weighted by atomic mass is 9.90. The van der Waals surface area contributed by atoms with Gasteiger partial charge in [0.15, 0.2) is 10.9 Å². The second-order valence-corrected chi connectivity index (χ2v) is 12.8. The van der Waals surface area contributed by atoms with Crippen molar-refractivity contribution in [1.82, 2.24) is 0 Å². The summed E-state index contributed by atoms with van der Waals surface area (Å²) in [5.41, 5.74) is 18.4. The maximum atomic E-state index is 14.2. The highest BCUT2D eigenvalue weighted by molar-refractivity contribution is 7.83. The van der Waals surface area contributed by atoms with Crippen LogP contribution in [0.5, 0.6) is 0 Å². The van der Waals surface area contributed by atoms with Crippen LogP contribution in [0.1, 0.15) is 29.4 Å². The molecule has 0 amide bonds. The third-order valence-corrected chi connectivity index (χ3v) is 10.4. The molecule has 9 heteroatoms. The fourth-order valence-electron chi connectivity index (χ4n) is 4.73. The van der Waals surface area contributed by atoms with Gasteiger partial charge in [0.25, 0.3) is 7.37 Å². The van der Waals surface area contributed by atoms with Gasteiger partial charge in [0.05, 0.1) is 12.0 Å². The standard InChI is InChI=1S/C26H27N4O3P2/c27-25(35(32)24-17-9-6-14-21(24)20-13-4-7-15-22(20)33-35)30-26(28,29)34(31)23-16-8-5-12-19(23)18-10-2-1-3-11-18/h1-11,13-17,19-20,22H,12,28-29H2,(H2,27,30)/q+1. The number of rotatable bonds is 5. The van der Waals surface area contributed by atoms with Gasteiger partial charge in [0.2, 0.25) is 0 Å². The van der Waals surface area contributed by atoms with Gasteiger partial charge in [-0.15, -0.1) is 0 Å². The highest BCUT2D eigenvalue weighted by Gasteiger charge is 2.51. The second-order valence-electron chi connectivity index (χ2n) is 8.74. The average Bonchev–Trinajstić information content (AvgIpc) is 2.88. The maximum Gasteiger partial charge on any atom is 0.436 e. The molecule has 1 aliphatic heterocycles. The molecule has 178 valence electrons. The van der Waals surface area contributed by atoms with Crippen molar-refractivity contribution in [3.63, 3.8) is 0 Å². The van der Waals surface area contributed by atoms with E-state index in [4.69, 9.17) is 21.7 Å². The first-order chi connectivity index (χ1) is 16.8. The number of benzene rings is 2. The van der Waals surface area contributed by atoms with Gasteiger partial charge in [0.1, 0.15) is 0 Å². The van der Waals surface area contributed by atoms with E-state index < -0.39 is 26.8 Å². The van der Waals surface area contributed by atoms with Crippen molar-refractivity contribution >= 4 is 26.1 Å². The largest absolute Gasteiger partial charge is 0.436 e. The fourth-order valence-corrected chi connectivity index (χ4v) is 8.34. The molecule has 5 unspecified atom stereocenters. The van der Waals surface area contributed by atoms with Gasteiger partial charge in [-0.2, -0.15) is 4.99 Å². The molecule has 6 N–H and O–H groups in total. The summed E-state index contributed by atoms with van der Waals surface area (Å²) in [6.45, 7) is 0. The quantitative estimate of drug-likeness (QED) is 0.237. The Kier molecular flexibility index (Phi) is 6.30. The zero-order valence-corrected chi connectivity index (χ0v) is 20.8. The number of amidine groups is 1. The molecule has 0 bridgehead atoms. The lowest BCUT2D eigenvalue weighted by molar-refractivity contribution is 0.237. The SMILES string of the molecule is NC(=NC(N)(N)[P+](=O)C1=CC=CCC1c1ccccc1)P1(=O)OC2C=CC=CC2c2ccccc21. The summed E-state index contributed by atoms with van der Waals surface area (Å²) in [6, 6.07) is 17.0. The molecule has 2 aliphatic carbocycles. The first-order valence-corrected chi connectivity index (χ1v) is 14.3. The fraction of sp³-hybridized carbons (Fsp3) is 0.192. The maximum absolute atomic E-state index is 14.2. The van der Waals surface area contributed by atoms with E-state index in [1.165, 1.54) is 0 Å². The molecular formula is C26H27N4O3P2+. The Morgan fingerprint density at radius 1 is 1.03 bits per heavy atom. The molecular weight excluding hydrogens is 478 g/mol. The summed E-state index contributed by atoms with van der Waals surface area (Å²) in [6.07, 6.45) is 13.4. The first kappa shape index (κ1) is 23.8. The molecule has 2 aromatic carbocycles. The summed E-state index contributed by atoms with van der Waals surface area (Å²) in [5.74, 6) is -0.246. The predicted octanol–water partition coefficient (Wildman–Crippen LogP) is 4.50. The van der Waals surface area contributed by atoms with E-state index in [0.29, 0.717) is 17.0 Å². The molecule has 0 spiro atoms. The van der Waals surface area contributed by atoms with Crippen LogP contribution in [0.25, 0.3) is 0 Å². The third kappa shape index (κ3) is 4.31. The molecule has 35 heavy (non-hydrogen) atoms. The van der Waals surface area contributed by atoms with E-state index in [-0.39, 0.29) is 17.4 Å². The minimum absolute atomic E-state index is 0.0889. The summed E-state index contributed by atoms with van der Waals surface area (Å²) in [4.78, 5) is 4.22. The second kappa shape index (κ2) is 9.27. The molecule has 7 nitrogen and oxygen atoms in total. The average molecular weight is 505 g/mol. The van der Waals surface area contributed by atoms with Gasteiger partial charge >= 0.3 is 13.3 Å². The summed E-state index contributed by atoms with van der Waals surface area (Å²) in [7, 11) is -6.23. The highest BCUT2D eigenvalue weighted by atomic mass is 31.2. The summed E-state index contributed by atoms with van der Waals surface area (Å²) < 4.78 is 33.9. The highest BCUT2D eigenvalue weighted by Crippen LogP contribution is 2.56. The minimum atomic E-state index is -3.81. The normalized spacial score (nSPS) is 28.2. The van der Waals surface area contributed by atoms with E-state index >= 15 is 0 Å². The van der Waals surface area contributed by atoms with Crippen molar-refractivity contribution in [2.75, 3.05) is 0 Å². The monoisotopic (exact) mass is 505 g/mol. The third-order valence-electron chi connectivity index (χ3n) is 6.46. The van der Waals surface area contributed by atoms with Gasteiger partial charge in [-0.05, 0) is 29.7 Å². The molecule has 0 radical (unpaired) electrons. The molecule has 0 aromatic heterocycles. The molecule has 1 heterocycles. The van der Waals surface area contributed by atoms with Crippen molar-refractivity contribution < 1.29 is 13.7 Å². The number of nitrogens with two attached hydrogens (primary N) is 3. The van der Waals surface area contributed by atoms with Crippen LogP contribution in [0.3, 0.4) is 0 Å². The lowest BCUT2D eigenvalue weighted by Gasteiger charge is -2.36. The van der Waals surface area contributed by atoms with Gasteiger partial charge in [-0.1, -0.05) is 89.6 Å². The van der Waals surface area contributed by atoms with Crippen LogP contribution in [-0.2, 0) is 13.7 Å². The molecule has 5 rings (SSSR count). The molecule has 5 atom stereocenters. The van der Waals surface area contributed by atoms with Gasteiger partial charge < -0.3 is 10.3 Å². The van der Waals surface area contributed by atoms with Crippen LogP contribution in [-0.4, -0.2) is 17.2 Å². The molecule has 0 fully saturated rings. The van der Waals surface area contributed by atoms with E-state index in [9.17, 15) is 9.13 Å². The van der Waals surface area contributed by atoms with Crippen LogP contribution in [0.15, 0.2) is 107 Å². The Balaban J connectivity index is 1.51. The van der Waals surface area contributed by atoms with E-state index in [1.807, 2.05) is 78.9 Å². The number of fused-ring (bicyclic) bond motifs is 3. The van der Waals surface area contributed by atoms with E-state index in [2.05, 4.69) is 4.99 Å². The Bertz CT molecular complexity index is 1360. The first-order valence-electron chi connectivity index (χ1n) is 11.4. The molecule has 2 aromatic rings. The van der Waals surface area contributed by atoms with Gasteiger partial charge in [-0.3, -0.25) is 16.0 Å². The molecule has 3 aliphatic rings. The Morgan fingerprint density at radius 2 is 1.74 bits per heavy atom. The van der Waals surface area contributed by atoms with E-state index in [1.54, 1.807) is 18.2 Å². The number of hydrogen-bond donors (Lipinski definition) is 3. The predicted molar refractivity (Wildman–Crippen MR) is 141 cm³/mol. The number of allylic oxidation sites excluding steroid dienone is 6. The number of nitrogens with zero attached hydrogens (tertiary/aromatic N) is 1. The van der Waals surface area contributed by atoms with Crippen molar-refractivity contribution in [2.24, 2.45) is 22.2 Å². The Morgan fingerprint density at radius 3 is 2.54 bits per heavy atom. The van der Waals surface area contributed by atoms with Crippen molar-refractivity contribution in [1.29, 1.82) is 0 Å². The van der Waals surface area contributed by atoms with Crippen LogP contribution >= 0.6 is 15.2 Å². The smallest absolute Gasteiger partial charge is 0.379 e.